The molecule has 1 aromatic heterocycles. The maximum Gasteiger partial charge on any atom is 0.338 e. The van der Waals surface area contributed by atoms with Crippen LogP contribution in [0.2, 0.25) is 0 Å². The molecule has 3 aromatic rings. The van der Waals surface area contributed by atoms with E-state index in [1.54, 1.807) is 56.3 Å². The van der Waals surface area contributed by atoms with Crippen LogP contribution in [0.3, 0.4) is 0 Å². The number of hydrogen-bond donors (Lipinski definition) is 1. The summed E-state index contributed by atoms with van der Waals surface area (Å²) >= 11 is 0. The molecule has 0 aliphatic heterocycles. The average Bonchev–Trinajstić information content (AvgIpc) is 3.52. The Morgan fingerprint density at radius 1 is 1.14 bits per heavy atom. The highest BCUT2D eigenvalue weighted by Gasteiger charge is 2.27. The minimum Gasteiger partial charge on any atom is -0.449 e. The van der Waals surface area contributed by atoms with Gasteiger partial charge in [0.1, 0.15) is 5.82 Å². The summed E-state index contributed by atoms with van der Waals surface area (Å²) in [7, 11) is 0. The number of hydrogen-bond acceptors (Lipinski definition) is 5. The SMILES string of the molecule is Cc1nc2ccccc2c(=O)n1-c1ccc(C(=O)OC(C)C(=O)NC2CC2)cc1. The van der Waals surface area contributed by atoms with Crippen molar-refractivity contribution in [3.05, 3.63) is 70.3 Å². The number of benzene rings is 2. The fraction of sp³-hybridized carbons (Fsp3) is 0.273. The van der Waals surface area contributed by atoms with E-state index in [0.717, 1.165) is 12.8 Å². The van der Waals surface area contributed by atoms with Crippen LogP contribution in [0.15, 0.2) is 53.3 Å². The Hall–Kier alpha value is -3.48. The molecule has 1 fully saturated rings. The van der Waals surface area contributed by atoms with Gasteiger partial charge in [0.25, 0.3) is 11.5 Å². The molecule has 0 radical (unpaired) electrons. The highest BCUT2D eigenvalue weighted by atomic mass is 16.5. The molecule has 1 unspecified atom stereocenters. The van der Waals surface area contributed by atoms with Gasteiger partial charge >= 0.3 is 5.97 Å². The second-order valence-corrected chi connectivity index (χ2v) is 7.19. The number of nitrogens with one attached hydrogen (secondary N) is 1. The van der Waals surface area contributed by atoms with Gasteiger partial charge in [-0.15, -0.1) is 0 Å². The molecule has 2 aromatic carbocycles. The first-order valence-electron chi connectivity index (χ1n) is 9.54. The summed E-state index contributed by atoms with van der Waals surface area (Å²) in [5.74, 6) is -0.327. The van der Waals surface area contributed by atoms with E-state index >= 15 is 0 Å². The Morgan fingerprint density at radius 3 is 2.52 bits per heavy atom. The van der Waals surface area contributed by atoms with E-state index in [1.807, 2.05) is 6.07 Å². The van der Waals surface area contributed by atoms with Crippen LogP contribution in [-0.4, -0.2) is 33.6 Å². The lowest BCUT2D eigenvalue weighted by atomic mass is 10.2. The monoisotopic (exact) mass is 391 g/mol. The summed E-state index contributed by atoms with van der Waals surface area (Å²) in [5.41, 5.74) is 1.37. The number of ether oxygens (including phenoxy) is 1. The lowest BCUT2D eigenvalue weighted by Crippen LogP contribution is -2.37. The van der Waals surface area contributed by atoms with Gasteiger partial charge in [0.05, 0.1) is 22.2 Å². The first kappa shape index (κ1) is 18.9. The van der Waals surface area contributed by atoms with Crippen molar-refractivity contribution in [2.24, 2.45) is 0 Å². The van der Waals surface area contributed by atoms with E-state index in [-0.39, 0.29) is 17.5 Å². The zero-order valence-electron chi connectivity index (χ0n) is 16.2. The first-order chi connectivity index (χ1) is 13.9. The summed E-state index contributed by atoms with van der Waals surface area (Å²) in [6, 6.07) is 13.9. The molecule has 1 N–H and O–H groups in total. The first-order valence-corrected chi connectivity index (χ1v) is 9.54. The van der Waals surface area contributed by atoms with Gasteiger partial charge in [0, 0.05) is 6.04 Å². The number of para-hydroxylation sites is 1. The number of carbonyl (C=O) groups excluding carboxylic acids is 2. The van der Waals surface area contributed by atoms with Crippen LogP contribution in [0.1, 0.15) is 35.9 Å². The maximum absolute atomic E-state index is 12.9. The van der Waals surface area contributed by atoms with Gasteiger partial charge < -0.3 is 10.1 Å². The molecule has 1 amide bonds. The summed E-state index contributed by atoms with van der Waals surface area (Å²) in [5, 5.41) is 3.33. The Kier molecular flexibility index (Phi) is 4.88. The van der Waals surface area contributed by atoms with E-state index < -0.39 is 12.1 Å². The predicted octanol–water partition coefficient (Wildman–Crippen LogP) is 2.52. The fourth-order valence-electron chi connectivity index (χ4n) is 3.12. The molecule has 0 bridgehead atoms. The molecule has 148 valence electrons. The van der Waals surface area contributed by atoms with Crippen molar-refractivity contribution in [3.63, 3.8) is 0 Å². The molecule has 0 spiro atoms. The van der Waals surface area contributed by atoms with E-state index in [2.05, 4.69) is 10.3 Å². The minimum atomic E-state index is -0.864. The quantitative estimate of drug-likeness (QED) is 0.675. The Balaban J connectivity index is 1.55. The molecule has 1 atom stereocenters. The number of aromatic nitrogens is 2. The third kappa shape index (κ3) is 3.89. The minimum absolute atomic E-state index is 0.172. The molecule has 29 heavy (non-hydrogen) atoms. The van der Waals surface area contributed by atoms with Crippen LogP contribution < -0.4 is 10.9 Å². The lowest BCUT2D eigenvalue weighted by molar-refractivity contribution is -0.129. The van der Waals surface area contributed by atoms with Crippen molar-refractivity contribution in [1.29, 1.82) is 0 Å². The number of amides is 1. The van der Waals surface area contributed by atoms with E-state index in [4.69, 9.17) is 4.74 Å². The summed E-state index contributed by atoms with van der Waals surface area (Å²) in [4.78, 5) is 41.6. The smallest absolute Gasteiger partial charge is 0.338 e. The highest BCUT2D eigenvalue weighted by Crippen LogP contribution is 2.19. The third-order valence-electron chi connectivity index (χ3n) is 4.88. The van der Waals surface area contributed by atoms with Crippen molar-refractivity contribution in [2.45, 2.75) is 38.8 Å². The molecule has 1 heterocycles. The highest BCUT2D eigenvalue weighted by molar-refractivity contribution is 5.92. The predicted molar refractivity (Wildman–Crippen MR) is 108 cm³/mol. The van der Waals surface area contributed by atoms with Gasteiger partial charge in [0.2, 0.25) is 0 Å². The molecule has 1 saturated carbocycles. The summed E-state index contributed by atoms with van der Waals surface area (Å²) in [6.07, 6.45) is 1.07. The van der Waals surface area contributed by atoms with Crippen molar-refractivity contribution >= 4 is 22.8 Å². The molecular formula is C22H21N3O4. The average molecular weight is 391 g/mol. The number of esters is 1. The van der Waals surface area contributed by atoms with Crippen molar-refractivity contribution < 1.29 is 14.3 Å². The fourth-order valence-corrected chi connectivity index (χ4v) is 3.12. The maximum atomic E-state index is 12.9. The van der Waals surface area contributed by atoms with Crippen LogP contribution in [0.4, 0.5) is 0 Å². The Bertz CT molecular complexity index is 1150. The van der Waals surface area contributed by atoms with E-state index in [9.17, 15) is 14.4 Å². The van der Waals surface area contributed by atoms with Crippen LogP contribution in [0.5, 0.6) is 0 Å². The van der Waals surface area contributed by atoms with Crippen molar-refractivity contribution in [1.82, 2.24) is 14.9 Å². The largest absolute Gasteiger partial charge is 0.449 e. The molecule has 4 rings (SSSR count). The molecule has 7 heteroatoms. The lowest BCUT2D eigenvalue weighted by Gasteiger charge is -2.14. The van der Waals surface area contributed by atoms with Gasteiger partial charge in [0.15, 0.2) is 6.10 Å². The summed E-state index contributed by atoms with van der Waals surface area (Å²) < 4.78 is 6.75. The standard InChI is InChI=1S/C22H21N3O4/c1-13(20(26)24-16-9-10-16)29-22(28)15-7-11-17(12-8-15)25-14(2)23-19-6-4-3-5-18(19)21(25)27/h3-8,11-13,16H,9-10H2,1-2H3,(H,24,26). The third-order valence-corrected chi connectivity index (χ3v) is 4.88. The van der Waals surface area contributed by atoms with Crippen molar-refractivity contribution in [3.8, 4) is 5.69 Å². The zero-order chi connectivity index (χ0) is 20.5. The van der Waals surface area contributed by atoms with Gasteiger partial charge in [-0.05, 0) is 63.1 Å². The van der Waals surface area contributed by atoms with E-state index in [1.165, 1.54) is 4.57 Å². The number of rotatable bonds is 5. The topological polar surface area (TPSA) is 90.3 Å². The van der Waals surface area contributed by atoms with Crippen LogP contribution >= 0.6 is 0 Å². The number of nitrogens with zero attached hydrogens (tertiary/aromatic N) is 2. The molecule has 1 aliphatic rings. The normalized spacial score (nSPS) is 14.4. The number of aryl methyl sites for hydroxylation is 1. The Morgan fingerprint density at radius 2 is 1.83 bits per heavy atom. The second kappa shape index (κ2) is 7.50. The van der Waals surface area contributed by atoms with Gasteiger partial charge in [-0.1, -0.05) is 12.1 Å². The van der Waals surface area contributed by atoms with Crippen molar-refractivity contribution in [2.75, 3.05) is 0 Å². The Labute approximate surface area is 167 Å². The number of fused-ring (bicyclic) bond motifs is 1. The molecule has 0 saturated heterocycles. The van der Waals surface area contributed by atoms with E-state index in [0.29, 0.717) is 28.0 Å². The zero-order valence-corrected chi connectivity index (χ0v) is 16.2. The molecule has 7 nitrogen and oxygen atoms in total. The van der Waals surface area contributed by atoms with Gasteiger partial charge in [-0.2, -0.15) is 0 Å². The van der Waals surface area contributed by atoms with Gasteiger partial charge in [-0.3, -0.25) is 14.2 Å². The summed E-state index contributed by atoms with van der Waals surface area (Å²) in [6.45, 7) is 3.31. The number of carbonyl (C=O) groups is 2. The second-order valence-electron chi connectivity index (χ2n) is 7.19. The van der Waals surface area contributed by atoms with Crippen LogP contribution in [0, 0.1) is 6.92 Å². The van der Waals surface area contributed by atoms with Gasteiger partial charge in [-0.25, -0.2) is 9.78 Å². The molecule has 1 aliphatic carbocycles. The van der Waals surface area contributed by atoms with Crippen LogP contribution in [-0.2, 0) is 9.53 Å². The molecular weight excluding hydrogens is 370 g/mol. The van der Waals surface area contributed by atoms with Crippen LogP contribution in [0.25, 0.3) is 16.6 Å².